The van der Waals surface area contributed by atoms with Crippen molar-refractivity contribution in [1.82, 2.24) is 5.32 Å². The van der Waals surface area contributed by atoms with Gasteiger partial charge in [0.2, 0.25) is 0 Å². The average Bonchev–Trinajstić information content (AvgIpc) is 2.33. The molecule has 4 nitrogen and oxygen atoms in total. The zero-order chi connectivity index (χ0) is 12.5. The van der Waals surface area contributed by atoms with E-state index in [4.69, 9.17) is 5.11 Å². The third-order valence-corrected chi connectivity index (χ3v) is 4.88. The van der Waals surface area contributed by atoms with Crippen molar-refractivity contribution in [2.45, 2.75) is 30.3 Å². The van der Waals surface area contributed by atoms with E-state index in [2.05, 4.69) is 5.32 Å². The van der Waals surface area contributed by atoms with Gasteiger partial charge in [0.1, 0.15) is 0 Å². The van der Waals surface area contributed by atoms with Crippen LogP contribution in [0, 0.1) is 0 Å². The summed E-state index contributed by atoms with van der Waals surface area (Å²) in [5.74, 6) is 0.166. The van der Waals surface area contributed by atoms with Gasteiger partial charge < -0.3 is 10.4 Å². The number of aliphatic hydroxyl groups excluding tert-OH is 1. The van der Waals surface area contributed by atoms with Crippen molar-refractivity contribution in [3.63, 3.8) is 0 Å². The monoisotopic (exact) mass is 255 g/mol. The van der Waals surface area contributed by atoms with Gasteiger partial charge in [-0.1, -0.05) is 18.2 Å². The minimum Gasteiger partial charge on any atom is -0.395 e. The number of fused-ring (bicyclic) bond motifs is 1. The zero-order valence-electron chi connectivity index (χ0n) is 9.76. The lowest BCUT2D eigenvalue weighted by Gasteiger charge is -2.28. The van der Waals surface area contributed by atoms with Crippen LogP contribution in [0.15, 0.2) is 29.2 Å². The van der Waals surface area contributed by atoms with Crippen molar-refractivity contribution < 1.29 is 13.5 Å². The number of aliphatic hydroxyl groups is 1. The minimum atomic E-state index is -3.12. The summed E-state index contributed by atoms with van der Waals surface area (Å²) in [4.78, 5) is 0.425. The van der Waals surface area contributed by atoms with Crippen molar-refractivity contribution in [3.05, 3.63) is 29.8 Å². The molecule has 2 N–H and O–H groups in total. The Labute approximate surface area is 102 Å². The molecular weight excluding hydrogens is 238 g/mol. The Kier molecular flexibility index (Phi) is 3.51. The van der Waals surface area contributed by atoms with E-state index in [0.29, 0.717) is 11.3 Å². The van der Waals surface area contributed by atoms with E-state index in [-0.39, 0.29) is 24.4 Å². The molecule has 0 aliphatic carbocycles. The van der Waals surface area contributed by atoms with Gasteiger partial charge in [-0.05, 0) is 25.0 Å². The largest absolute Gasteiger partial charge is 0.395 e. The fraction of sp³-hybridized carbons (Fsp3) is 0.500. The van der Waals surface area contributed by atoms with Crippen molar-refractivity contribution in [2.24, 2.45) is 0 Å². The molecule has 0 spiro atoms. The molecule has 0 fully saturated rings. The van der Waals surface area contributed by atoms with Crippen LogP contribution in [-0.4, -0.2) is 31.9 Å². The van der Waals surface area contributed by atoms with E-state index in [1.165, 1.54) is 0 Å². The lowest BCUT2D eigenvalue weighted by atomic mass is 10.0. The Morgan fingerprint density at radius 3 is 2.88 bits per heavy atom. The Hall–Kier alpha value is -0.910. The molecule has 5 heteroatoms. The Morgan fingerprint density at radius 2 is 2.18 bits per heavy atom. The molecule has 0 saturated heterocycles. The van der Waals surface area contributed by atoms with Crippen LogP contribution in [0.2, 0.25) is 0 Å². The summed E-state index contributed by atoms with van der Waals surface area (Å²) >= 11 is 0. The van der Waals surface area contributed by atoms with Crippen LogP contribution in [0.25, 0.3) is 0 Å². The smallest absolute Gasteiger partial charge is 0.178 e. The number of nitrogens with one attached hydrogen (secondary N) is 1. The van der Waals surface area contributed by atoms with Gasteiger partial charge in [0.15, 0.2) is 9.84 Å². The van der Waals surface area contributed by atoms with E-state index in [1.807, 2.05) is 19.1 Å². The van der Waals surface area contributed by atoms with Crippen LogP contribution in [0.1, 0.15) is 24.9 Å². The quantitative estimate of drug-likeness (QED) is 0.841. The van der Waals surface area contributed by atoms with Gasteiger partial charge in [-0.3, -0.25) is 0 Å². The summed E-state index contributed by atoms with van der Waals surface area (Å²) in [5, 5.41) is 12.3. The summed E-state index contributed by atoms with van der Waals surface area (Å²) in [7, 11) is -3.12. The molecule has 0 radical (unpaired) electrons. The van der Waals surface area contributed by atoms with Crippen LogP contribution >= 0.6 is 0 Å². The average molecular weight is 255 g/mol. The van der Waals surface area contributed by atoms with Gasteiger partial charge in [-0.15, -0.1) is 0 Å². The maximum absolute atomic E-state index is 11.9. The molecule has 94 valence electrons. The summed E-state index contributed by atoms with van der Waals surface area (Å²) in [5.41, 5.74) is 0.819. The highest BCUT2D eigenvalue weighted by Gasteiger charge is 2.30. The van der Waals surface area contributed by atoms with Crippen LogP contribution in [0.3, 0.4) is 0 Å². The Morgan fingerprint density at radius 1 is 1.47 bits per heavy atom. The first-order valence-electron chi connectivity index (χ1n) is 5.73. The molecule has 1 aliphatic rings. The van der Waals surface area contributed by atoms with Crippen LogP contribution < -0.4 is 5.32 Å². The van der Waals surface area contributed by atoms with Crippen molar-refractivity contribution in [3.8, 4) is 0 Å². The molecule has 2 unspecified atom stereocenters. The molecule has 0 aromatic heterocycles. The summed E-state index contributed by atoms with van der Waals surface area (Å²) in [6, 6.07) is 7.06. The van der Waals surface area contributed by atoms with Crippen LogP contribution in [0.4, 0.5) is 0 Å². The normalized spacial score (nSPS) is 24.0. The van der Waals surface area contributed by atoms with E-state index in [9.17, 15) is 8.42 Å². The molecule has 0 amide bonds. The SMILES string of the molecule is CC(CO)NC1CCS(=O)(=O)c2ccccc21. The molecule has 1 aliphatic heterocycles. The molecule has 0 bridgehead atoms. The fourth-order valence-electron chi connectivity index (χ4n) is 2.16. The van der Waals surface area contributed by atoms with Gasteiger partial charge in [0.25, 0.3) is 0 Å². The first-order valence-corrected chi connectivity index (χ1v) is 7.38. The Bertz CT molecular complexity index is 498. The lowest BCUT2D eigenvalue weighted by Crippen LogP contribution is -2.37. The second-order valence-electron chi connectivity index (χ2n) is 4.45. The van der Waals surface area contributed by atoms with E-state index in [0.717, 1.165) is 5.56 Å². The maximum Gasteiger partial charge on any atom is 0.178 e. The predicted octanol–water partition coefficient (Wildman–Crippen LogP) is 0.876. The predicted molar refractivity (Wildman–Crippen MR) is 65.5 cm³/mol. The molecule has 2 atom stereocenters. The summed E-state index contributed by atoms with van der Waals surface area (Å²) < 4.78 is 23.8. The highest BCUT2D eigenvalue weighted by atomic mass is 32.2. The number of hydrogen-bond acceptors (Lipinski definition) is 4. The Balaban J connectivity index is 2.35. The third kappa shape index (κ3) is 2.51. The molecule has 0 saturated carbocycles. The number of benzene rings is 1. The van der Waals surface area contributed by atoms with Gasteiger partial charge in [-0.25, -0.2) is 8.42 Å². The third-order valence-electron chi connectivity index (χ3n) is 3.06. The first-order chi connectivity index (χ1) is 8.04. The molecule has 2 rings (SSSR count). The zero-order valence-corrected chi connectivity index (χ0v) is 10.6. The number of sulfone groups is 1. The standard InChI is InChI=1S/C12H17NO3S/c1-9(8-14)13-11-6-7-17(15,16)12-5-3-2-4-10(11)12/h2-5,9,11,13-14H,6-8H2,1H3. The molecular formula is C12H17NO3S. The van der Waals surface area contributed by atoms with E-state index >= 15 is 0 Å². The van der Waals surface area contributed by atoms with E-state index in [1.54, 1.807) is 12.1 Å². The van der Waals surface area contributed by atoms with Gasteiger partial charge >= 0.3 is 0 Å². The number of hydrogen-bond donors (Lipinski definition) is 2. The van der Waals surface area contributed by atoms with Crippen molar-refractivity contribution in [2.75, 3.05) is 12.4 Å². The molecule has 1 aromatic rings. The van der Waals surface area contributed by atoms with Crippen LogP contribution in [0.5, 0.6) is 0 Å². The second kappa shape index (κ2) is 4.76. The molecule has 1 aromatic carbocycles. The van der Waals surface area contributed by atoms with E-state index < -0.39 is 9.84 Å². The number of rotatable bonds is 3. The molecule has 17 heavy (non-hydrogen) atoms. The van der Waals surface area contributed by atoms with Gasteiger partial charge in [0.05, 0.1) is 17.3 Å². The minimum absolute atomic E-state index is 0.0110. The van der Waals surface area contributed by atoms with Crippen molar-refractivity contribution >= 4 is 9.84 Å². The van der Waals surface area contributed by atoms with Gasteiger partial charge in [-0.2, -0.15) is 0 Å². The van der Waals surface area contributed by atoms with Crippen molar-refractivity contribution in [1.29, 1.82) is 0 Å². The highest BCUT2D eigenvalue weighted by molar-refractivity contribution is 7.91. The summed E-state index contributed by atoms with van der Waals surface area (Å²) in [6.45, 7) is 1.93. The lowest BCUT2D eigenvalue weighted by molar-refractivity contribution is 0.238. The fourth-order valence-corrected chi connectivity index (χ4v) is 3.78. The second-order valence-corrected chi connectivity index (χ2v) is 6.53. The summed E-state index contributed by atoms with van der Waals surface area (Å²) in [6.07, 6.45) is 0.559. The van der Waals surface area contributed by atoms with Crippen LogP contribution in [-0.2, 0) is 9.84 Å². The molecule has 1 heterocycles. The highest BCUT2D eigenvalue weighted by Crippen LogP contribution is 2.31. The maximum atomic E-state index is 11.9. The topological polar surface area (TPSA) is 66.4 Å². The first kappa shape index (κ1) is 12.5. The van der Waals surface area contributed by atoms with Gasteiger partial charge in [0, 0.05) is 12.1 Å².